The highest BCUT2D eigenvalue weighted by atomic mass is 35.5. The lowest BCUT2D eigenvalue weighted by Crippen LogP contribution is -2.42. The summed E-state index contributed by atoms with van der Waals surface area (Å²) in [5.41, 5.74) is 2.23. The number of nitrogens with one attached hydrogen (secondary N) is 1. The molecular formula is C29H30ClFN6O4S. The lowest BCUT2D eigenvalue weighted by atomic mass is 9.85. The number of thiazole rings is 1. The van der Waals surface area contributed by atoms with Gasteiger partial charge >= 0.3 is 11.9 Å². The molecule has 1 atom stereocenters. The van der Waals surface area contributed by atoms with Gasteiger partial charge in [0.25, 0.3) is 0 Å². The second kappa shape index (κ2) is 13.4. The molecule has 1 fully saturated rings. The number of hydrogen-bond donors (Lipinski definition) is 1. The number of halogens is 2. The normalized spacial score (nSPS) is 17.5. The summed E-state index contributed by atoms with van der Waals surface area (Å²) < 4.78 is 24.5. The topological polar surface area (TPSA) is 119 Å². The van der Waals surface area contributed by atoms with Crippen LogP contribution in [0.5, 0.6) is 0 Å². The van der Waals surface area contributed by atoms with Crippen LogP contribution in [-0.4, -0.2) is 59.0 Å². The fraction of sp³-hybridized carbons (Fsp3) is 0.379. The maximum atomic E-state index is 14.0. The van der Waals surface area contributed by atoms with Gasteiger partial charge in [0, 0.05) is 64.8 Å². The Hall–Kier alpha value is -3.90. The summed E-state index contributed by atoms with van der Waals surface area (Å²) in [4.78, 5) is 45.5. The quantitative estimate of drug-likeness (QED) is 0.344. The molecule has 13 heteroatoms. The average Bonchev–Trinajstić information content (AvgIpc) is 3.53. The Balaban J connectivity index is 1.43. The Kier molecular flexibility index (Phi) is 9.43. The van der Waals surface area contributed by atoms with Gasteiger partial charge in [-0.15, -0.1) is 11.3 Å². The molecule has 2 aliphatic rings. The van der Waals surface area contributed by atoms with Gasteiger partial charge in [-0.3, -0.25) is 9.79 Å². The molecule has 220 valence electrons. The van der Waals surface area contributed by atoms with E-state index in [4.69, 9.17) is 26.1 Å². The molecule has 0 bridgehead atoms. The van der Waals surface area contributed by atoms with E-state index in [0.717, 1.165) is 0 Å². The van der Waals surface area contributed by atoms with E-state index in [-0.39, 0.29) is 29.9 Å². The number of allylic oxidation sites excluding steroid dienone is 1. The maximum Gasteiger partial charge on any atom is 0.338 e. The summed E-state index contributed by atoms with van der Waals surface area (Å²) in [5.74, 6) is -0.265. The van der Waals surface area contributed by atoms with Crippen LogP contribution in [0.1, 0.15) is 48.9 Å². The van der Waals surface area contributed by atoms with Crippen LogP contribution in [0, 0.1) is 11.7 Å². The Morgan fingerprint density at radius 1 is 1.12 bits per heavy atom. The van der Waals surface area contributed by atoms with E-state index >= 15 is 0 Å². The molecule has 4 heterocycles. The van der Waals surface area contributed by atoms with Gasteiger partial charge in [-0.25, -0.2) is 24.1 Å². The van der Waals surface area contributed by atoms with E-state index in [9.17, 15) is 14.0 Å². The number of aromatic nitrogens is 3. The molecule has 1 aromatic carbocycles. The van der Waals surface area contributed by atoms with E-state index in [1.807, 2.05) is 5.38 Å². The predicted molar refractivity (Wildman–Crippen MR) is 157 cm³/mol. The molecule has 0 radical (unpaired) electrons. The number of aliphatic imine (C=N–C) groups is 1. The molecule has 0 spiro atoms. The van der Waals surface area contributed by atoms with Crippen molar-refractivity contribution in [1.82, 2.24) is 20.3 Å². The Bertz CT molecular complexity index is 1490. The van der Waals surface area contributed by atoms with Crippen molar-refractivity contribution in [2.45, 2.75) is 39.2 Å². The SMILES string of the molecule is CCOC(=O)Cc1cnc(N2CCC(C3=C(C(=O)OCC)C(c4ccc(F)cc4Cl)N=C(c4nccs4)N3)CC2)nc1. The van der Waals surface area contributed by atoms with Crippen LogP contribution in [0.3, 0.4) is 0 Å². The first-order valence-corrected chi connectivity index (χ1v) is 15.0. The number of benzene rings is 1. The molecule has 1 unspecified atom stereocenters. The smallest absolute Gasteiger partial charge is 0.338 e. The van der Waals surface area contributed by atoms with Crippen LogP contribution < -0.4 is 10.2 Å². The fourth-order valence-corrected chi connectivity index (χ4v) is 5.93. The van der Waals surface area contributed by atoms with Gasteiger partial charge < -0.3 is 19.7 Å². The monoisotopic (exact) mass is 612 g/mol. The van der Waals surface area contributed by atoms with Crippen molar-refractivity contribution in [1.29, 1.82) is 0 Å². The van der Waals surface area contributed by atoms with Gasteiger partial charge in [-0.1, -0.05) is 17.7 Å². The predicted octanol–water partition coefficient (Wildman–Crippen LogP) is 4.66. The van der Waals surface area contributed by atoms with Gasteiger partial charge in [0.05, 0.1) is 25.2 Å². The summed E-state index contributed by atoms with van der Waals surface area (Å²) >= 11 is 7.91. The highest BCUT2D eigenvalue weighted by molar-refractivity contribution is 7.11. The van der Waals surface area contributed by atoms with Crippen LogP contribution in [0.4, 0.5) is 10.3 Å². The Morgan fingerprint density at radius 2 is 1.86 bits per heavy atom. The average molecular weight is 613 g/mol. The van der Waals surface area contributed by atoms with Gasteiger partial charge in [0.15, 0.2) is 10.8 Å². The molecule has 0 amide bonds. The molecule has 1 saturated heterocycles. The maximum absolute atomic E-state index is 14.0. The molecule has 1 N–H and O–H groups in total. The zero-order valence-corrected chi connectivity index (χ0v) is 24.8. The second-order valence-corrected chi connectivity index (χ2v) is 11.0. The number of nitrogens with zero attached hydrogens (tertiary/aromatic N) is 5. The molecule has 0 aliphatic carbocycles. The number of anilines is 1. The van der Waals surface area contributed by atoms with E-state index in [0.29, 0.717) is 71.7 Å². The first-order chi connectivity index (χ1) is 20.4. The zero-order valence-electron chi connectivity index (χ0n) is 23.2. The number of esters is 2. The summed E-state index contributed by atoms with van der Waals surface area (Å²) in [6, 6.07) is 3.27. The molecule has 10 nitrogen and oxygen atoms in total. The molecule has 2 aliphatic heterocycles. The number of amidine groups is 1. The number of carbonyl (C=O) groups excluding carboxylic acids is 2. The molecule has 0 saturated carbocycles. The highest BCUT2D eigenvalue weighted by Gasteiger charge is 2.38. The third-order valence-corrected chi connectivity index (χ3v) is 8.10. The van der Waals surface area contributed by atoms with Crippen molar-refractivity contribution in [3.63, 3.8) is 0 Å². The lowest BCUT2D eigenvalue weighted by molar-refractivity contribution is -0.142. The summed E-state index contributed by atoms with van der Waals surface area (Å²) in [6.45, 7) is 5.29. The summed E-state index contributed by atoms with van der Waals surface area (Å²) in [6.07, 6.45) is 6.47. The first-order valence-electron chi connectivity index (χ1n) is 13.7. The van der Waals surface area contributed by atoms with Gasteiger partial charge in [-0.05, 0) is 38.8 Å². The molecular weight excluding hydrogens is 583 g/mol. The van der Waals surface area contributed by atoms with Crippen LogP contribution in [0.25, 0.3) is 0 Å². The number of ether oxygens (including phenoxy) is 2. The van der Waals surface area contributed by atoms with Crippen molar-refractivity contribution in [2.24, 2.45) is 10.9 Å². The van der Waals surface area contributed by atoms with Crippen molar-refractivity contribution >= 4 is 46.7 Å². The van der Waals surface area contributed by atoms with E-state index in [1.165, 1.54) is 23.5 Å². The number of hydrogen-bond acceptors (Lipinski definition) is 11. The molecule has 2 aromatic heterocycles. The minimum absolute atomic E-state index is 0.0454. The Labute approximate surface area is 251 Å². The zero-order chi connectivity index (χ0) is 29.6. The lowest BCUT2D eigenvalue weighted by Gasteiger charge is -2.36. The van der Waals surface area contributed by atoms with Crippen LogP contribution >= 0.6 is 22.9 Å². The van der Waals surface area contributed by atoms with Gasteiger partial charge in [0.1, 0.15) is 11.9 Å². The second-order valence-electron chi connectivity index (χ2n) is 9.69. The van der Waals surface area contributed by atoms with Crippen molar-refractivity contribution < 1.29 is 23.5 Å². The summed E-state index contributed by atoms with van der Waals surface area (Å²) in [5, 5.41) is 6.08. The highest BCUT2D eigenvalue weighted by Crippen LogP contribution is 2.40. The minimum atomic E-state index is -0.805. The van der Waals surface area contributed by atoms with Crippen LogP contribution in [0.15, 0.2) is 58.4 Å². The van der Waals surface area contributed by atoms with Gasteiger partial charge in [0.2, 0.25) is 5.95 Å². The standard InChI is InChI=1S/C29H30ClFN6O4S/c1-3-40-22(38)13-17-15-33-29(34-16-17)37-10-7-18(8-11-37)24-23(28(39)41-4-2)25(20-6-5-19(31)14-21(20)30)36-26(35-24)27-32-9-12-42-27/h5-6,9,12,14-16,18,25H,3-4,7-8,10-11,13H2,1-2H3,(H,35,36). The van der Waals surface area contributed by atoms with E-state index in [2.05, 4.69) is 25.2 Å². The third kappa shape index (κ3) is 6.60. The van der Waals surface area contributed by atoms with Gasteiger partial charge in [-0.2, -0.15) is 0 Å². The number of piperidine rings is 1. The number of carbonyl (C=O) groups is 2. The summed E-state index contributed by atoms with van der Waals surface area (Å²) in [7, 11) is 0. The van der Waals surface area contributed by atoms with Crippen LogP contribution in [0.2, 0.25) is 5.02 Å². The largest absolute Gasteiger partial charge is 0.466 e. The van der Waals surface area contributed by atoms with Crippen LogP contribution in [-0.2, 0) is 25.5 Å². The molecule has 42 heavy (non-hydrogen) atoms. The first kappa shape index (κ1) is 29.6. The van der Waals surface area contributed by atoms with Crippen molar-refractivity contribution in [3.8, 4) is 0 Å². The Morgan fingerprint density at radius 3 is 2.50 bits per heavy atom. The number of rotatable bonds is 9. The molecule has 5 rings (SSSR count). The van der Waals surface area contributed by atoms with Crippen molar-refractivity contribution in [3.05, 3.63) is 80.4 Å². The van der Waals surface area contributed by atoms with E-state index in [1.54, 1.807) is 38.5 Å². The fourth-order valence-electron chi connectivity index (χ4n) is 5.07. The third-order valence-electron chi connectivity index (χ3n) is 6.99. The van der Waals surface area contributed by atoms with Crippen molar-refractivity contribution in [2.75, 3.05) is 31.2 Å². The minimum Gasteiger partial charge on any atom is -0.466 e. The van der Waals surface area contributed by atoms with E-state index < -0.39 is 17.8 Å². The molecule has 3 aromatic rings.